The summed E-state index contributed by atoms with van der Waals surface area (Å²) in [5.41, 5.74) is 11.9. The first-order valence-corrected chi connectivity index (χ1v) is 14.1. The van der Waals surface area contributed by atoms with Gasteiger partial charge in [-0.05, 0) is 54.9 Å². The molecule has 3 amide bonds. The fourth-order valence-corrected chi connectivity index (χ4v) is 6.40. The Morgan fingerprint density at radius 1 is 0.974 bits per heavy atom. The van der Waals surface area contributed by atoms with Gasteiger partial charge in [0, 0.05) is 12.1 Å². The molecule has 0 unspecified atom stereocenters. The standard InChI is InChI=1S/C27H37N5O6S/c1-36-18-13-15(14-19(37-2)23(18)38-3)22(26(34)30-16-9-7-8-10-16)32(17-11-5-4-6-12-17)27(35)24-20(28)21(25(29)33)31-39-24/h13-14,16-17,22H,4-12,28H2,1-3H3,(H2,29,33)(H,30,34)/t22-/m0/s1. The molecule has 2 fully saturated rings. The SMILES string of the molecule is COc1cc([C@@H](C(=O)NC2CCCC2)N(C(=O)c2snc(C(N)=O)c2N)C2CCCCC2)cc(OC)c1OC. The number of carbonyl (C=O) groups excluding carboxylic acids is 3. The normalized spacial score (nSPS) is 16.9. The minimum absolute atomic E-state index is 0.0280. The monoisotopic (exact) mass is 559 g/mol. The van der Waals surface area contributed by atoms with Crippen LogP contribution in [0, 0.1) is 0 Å². The molecule has 1 aromatic carbocycles. The minimum Gasteiger partial charge on any atom is -0.493 e. The number of nitrogens with two attached hydrogens (primary N) is 2. The quantitative estimate of drug-likeness (QED) is 0.399. The average molecular weight is 560 g/mol. The van der Waals surface area contributed by atoms with Gasteiger partial charge in [0.05, 0.1) is 27.0 Å². The van der Waals surface area contributed by atoms with Crippen molar-refractivity contribution in [2.45, 2.75) is 75.9 Å². The van der Waals surface area contributed by atoms with Gasteiger partial charge in [0.1, 0.15) is 10.9 Å². The Morgan fingerprint density at radius 2 is 1.56 bits per heavy atom. The topological polar surface area (TPSA) is 159 Å². The van der Waals surface area contributed by atoms with Crippen LogP contribution in [-0.2, 0) is 4.79 Å². The van der Waals surface area contributed by atoms with E-state index >= 15 is 0 Å². The molecule has 0 radical (unpaired) electrons. The number of nitrogens with one attached hydrogen (secondary N) is 1. The Bertz CT molecular complexity index is 1180. The second-order valence-corrected chi connectivity index (χ2v) is 10.8. The zero-order valence-electron chi connectivity index (χ0n) is 22.7. The van der Waals surface area contributed by atoms with Crippen LogP contribution >= 0.6 is 11.5 Å². The van der Waals surface area contributed by atoms with E-state index in [2.05, 4.69) is 9.69 Å². The second-order valence-electron chi connectivity index (χ2n) is 9.99. The van der Waals surface area contributed by atoms with Crippen LogP contribution in [0.15, 0.2) is 12.1 Å². The predicted molar refractivity (Wildman–Crippen MR) is 147 cm³/mol. The number of nitrogens with zero attached hydrogens (tertiary/aromatic N) is 2. The molecule has 4 rings (SSSR count). The maximum atomic E-state index is 14.3. The van der Waals surface area contributed by atoms with Crippen molar-refractivity contribution in [3.8, 4) is 17.2 Å². The second kappa shape index (κ2) is 12.5. The van der Waals surface area contributed by atoms with E-state index in [1.165, 1.54) is 21.3 Å². The van der Waals surface area contributed by atoms with Gasteiger partial charge in [0.2, 0.25) is 11.7 Å². The van der Waals surface area contributed by atoms with Crippen molar-refractivity contribution in [1.29, 1.82) is 0 Å². The van der Waals surface area contributed by atoms with Crippen LogP contribution in [0.2, 0.25) is 0 Å². The first-order valence-electron chi connectivity index (χ1n) is 13.3. The van der Waals surface area contributed by atoms with Gasteiger partial charge in [-0.3, -0.25) is 14.4 Å². The lowest BCUT2D eigenvalue weighted by Gasteiger charge is -2.40. The molecule has 212 valence electrons. The summed E-state index contributed by atoms with van der Waals surface area (Å²) in [4.78, 5) is 42.0. The Balaban J connectivity index is 1.87. The van der Waals surface area contributed by atoms with Gasteiger partial charge in [-0.15, -0.1) is 0 Å². The fourth-order valence-electron chi connectivity index (χ4n) is 5.65. The number of primary amides is 1. The van der Waals surface area contributed by atoms with E-state index in [9.17, 15) is 14.4 Å². The number of amides is 3. The highest BCUT2D eigenvalue weighted by Crippen LogP contribution is 2.43. The zero-order valence-corrected chi connectivity index (χ0v) is 23.5. The van der Waals surface area contributed by atoms with E-state index in [1.807, 2.05) is 0 Å². The van der Waals surface area contributed by atoms with Crippen LogP contribution in [0.25, 0.3) is 0 Å². The molecule has 1 atom stereocenters. The summed E-state index contributed by atoms with van der Waals surface area (Å²) in [6, 6.07) is 2.18. The van der Waals surface area contributed by atoms with Crippen molar-refractivity contribution in [3.63, 3.8) is 0 Å². The first kappa shape index (κ1) is 28.5. The van der Waals surface area contributed by atoms with Gasteiger partial charge in [-0.2, -0.15) is 4.37 Å². The van der Waals surface area contributed by atoms with Crippen LogP contribution in [0.3, 0.4) is 0 Å². The maximum Gasteiger partial charge on any atom is 0.270 e. The molecule has 2 aromatic rings. The summed E-state index contributed by atoms with van der Waals surface area (Å²) >= 11 is 0.815. The molecule has 39 heavy (non-hydrogen) atoms. The number of nitrogen functional groups attached to an aromatic ring is 1. The minimum atomic E-state index is -1.02. The van der Waals surface area contributed by atoms with E-state index < -0.39 is 17.9 Å². The van der Waals surface area contributed by atoms with Gasteiger partial charge in [0.25, 0.3) is 11.8 Å². The molecule has 2 aliphatic rings. The Labute approximate surface area is 232 Å². The van der Waals surface area contributed by atoms with Crippen LogP contribution in [-0.4, -0.2) is 60.4 Å². The highest BCUT2D eigenvalue weighted by atomic mass is 32.1. The lowest BCUT2D eigenvalue weighted by atomic mass is 9.91. The Kier molecular flexibility index (Phi) is 9.16. The molecule has 0 spiro atoms. The summed E-state index contributed by atoms with van der Waals surface area (Å²) in [7, 11) is 4.51. The number of rotatable bonds is 10. The molecule has 1 heterocycles. The Hall–Kier alpha value is -3.54. The summed E-state index contributed by atoms with van der Waals surface area (Å²) in [6.07, 6.45) is 8.20. The third-order valence-electron chi connectivity index (χ3n) is 7.59. The van der Waals surface area contributed by atoms with Crippen molar-refractivity contribution >= 4 is 34.9 Å². The molecule has 12 heteroatoms. The van der Waals surface area contributed by atoms with Crippen LogP contribution in [0.4, 0.5) is 5.69 Å². The molecule has 11 nitrogen and oxygen atoms in total. The van der Waals surface area contributed by atoms with Gasteiger partial charge in [-0.25, -0.2) is 0 Å². The van der Waals surface area contributed by atoms with Crippen molar-refractivity contribution in [3.05, 3.63) is 28.3 Å². The molecule has 0 aliphatic heterocycles. The molecule has 5 N–H and O–H groups in total. The number of hydrogen-bond acceptors (Lipinski definition) is 9. The van der Waals surface area contributed by atoms with Crippen LogP contribution < -0.4 is 31.0 Å². The summed E-state index contributed by atoms with van der Waals surface area (Å²) in [5.74, 6) is -0.456. The first-order chi connectivity index (χ1) is 18.8. The number of methoxy groups -OCH3 is 3. The van der Waals surface area contributed by atoms with Crippen molar-refractivity contribution in [2.75, 3.05) is 27.1 Å². The summed E-state index contributed by atoms with van der Waals surface area (Å²) in [6.45, 7) is 0. The fraction of sp³-hybridized carbons (Fsp3) is 0.556. The molecule has 1 aromatic heterocycles. The number of anilines is 1. The van der Waals surface area contributed by atoms with E-state index in [4.69, 9.17) is 25.7 Å². The van der Waals surface area contributed by atoms with E-state index in [0.29, 0.717) is 22.8 Å². The number of ether oxygens (including phenoxy) is 3. The lowest BCUT2D eigenvalue weighted by molar-refractivity contribution is -0.127. The predicted octanol–water partition coefficient (Wildman–Crippen LogP) is 3.43. The molecular weight excluding hydrogens is 522 g/mol. The molecule has 0 bridgehead atoms. The smallest absolute Gasteiger partial charge is 0.270 e. The van der Waals surface area contributed by atoms with Crippen LogP contribution in [0.5, 0.6) is 17.2 Å². The molecule has 0 saturated heterocycles. The van der Waals surface area contributed by atoms with Gasteiger partial charge in [-0.1, -0.05) is 32.1 Å². The highest BCUT2D eigenvalue weighted by Gasteiger charge is 2.41. The number of benzene rings is 1. The lowest BCUT2D eigenvalue weighted by Crippen LogP contribution is -2.50. The van der Waals surface area contributed by atoms with E-state index in [1.54, 1.807) is 17.0 Å². The molecule has 2 saturated carbocycles. The van der Waals surface area contributed by atoms with Crippen LogP contribution in [0.1, 0.15) is 89.6 Å². The van der Waals surface area contributed by atoms with Gasteiger partial charge in [0.15, 0.2) is 17.2 Å². The summed E-state index contributed by atoms with van der Waals surface area (Å²) < 4.78 is 20.7. The van der Waals surface area contributed by atoms with Gasteiger partial charge >= 0.3 is 0 Å². The van der Waals surface area contributed by atoms with Crippen molar-refractivity contribution in [1.82, 2.24) is 14.6 Å². The zero-order chi connectivity index (χ0) is 28.1. The maximum absolute atomic E-state index is 14.3. The number of carbonyl (C=O) groups is 3. The Morgan fingerprint density at radius 3 is 2.08 bits per heavy atom. The largest absolute Gasteiger partial charge is 0.493 e. The third kappa shape index (κ3) is 5.90. The summed E-state index contributed by atoms with van der Waals surface area (Å²) in [5, 5.41) is 3.18. The number of aromatic nitrogens is 1. The van der Waals surface area contributed by atoms with E-state index in [-0.39, 0.29) is 34.2 Å². The van der Waals surface area contributed by atoms with Crippen molar-refractivity contribution < 1.29 is 28.6 Å². The van der Waals surface area contributed by atoms with Gasteiger partial charge < -0.3 is 35.9 Å². The third-order valence-corrected chi connectivity index (χ3v) is 8.44. The average Bonchev–Trinajstić information content (AvgIpc) is 3.60. The van der Waals surface area contributed by atoms with Crippen molar-refractivity contribution in [2.24, 2.45) is 5.73 Å². The number of hydrogen-bond donors (Lipinski definition) is 3. The molecular formula is C27H37N5O6S. The molecule has 2 aliphatic carbocycles. The van der Waals surface area contributed by atoms with E-state index in [0.717, 1.165) is 69.3 Å². The highest BCUT2D eigenvalue weighted by molar-refractivity contribution is 7.09.